The Morgan fingerprint density at radius 2 is 1.82 bits per heavy atom. The van der Waals surface area contributed by atoms with Crippen LogP contribution >= 0.6 is 11.8 Å². The Bertz CT molecular complexity index is 1050. The summed E-state index contributed by atoms with van der Waals surface area (Å²) in [6, 6.07) is 7.72. The number of carbonyl (C=O) groups is 1. The summed E-state index contributed by atoms with van der Waals surface area (Å²) in [6.07, 6.45) is 10.3. The molecule has 2 saturated carbocycles. The highest BCUT2D eigenvalue weighted by Crippen LogP contribution is 2.34. The SMILES string of the molecule is O=C(CSc1nc2ccccc2c(=O)n1C1CCCC1)NCC1(N2CCOCC2)CCCCC1. The van der Waals surface area contributed by atoms with E-state index in [-0.39, 0.29) is 28.8 Å². The molecule has 1 amide bonds. The lowest BCUT2D eigenvalue weighted by atomic mass is 9.79. The fourth-order valence-electron chi connectivity index (χ4n) is 6.01. The molecule has 1 aliphatic heterocycles. The van der Waals surface area contributed by atoms with E-state index in [0.29, 0.717) is 22.6 Å². The van der Waals surface area contributed by atoms with Crippen molar-refractivity contribution in [3.8, 4) is 0 Å². The van der Waals surface area contributed by atoms with Crippen LogP contribution in [0.5, 0.6) is 0 Å². The molecule has 1 saturated heterocycles. The van der Waals surface area contributed by atoms with Crippen molar-refractivity contribution in [2.45, 2.75) is 74.5 Å². The number of amides is 1. The number of nitrogens with zero attached hydrogens (tertiary/aromatic N) is 3. The van der Waals surface area contributed by atoms with Crippen LogP contribution in [0.1, 0.15) is 63.8 Å². The summed E-state index contributed by atoms with van der Waals surface area (Å²) in [4.78, 5) is 33.7. The van der Waals surface area contributed by atoms with Gasteiger partial charge < -0.3 is 10.1 Å². The van der Waals surface area contributed by atoms with Gasteiger partial charge in [0.25, 0.3) is 5.56 Å². The monoisotopic (exact) mass is 484 g/mol. The molecule has 2 aromatic rings. The van der Waals surface area contributed by atoms with Crippen LogP contribution in [-0.4, -0.2) is 64.5 Å². The highest BCUT2D eigenvalue weighted by molar-refractivity contribution is 7.99. The zero-order valence-corrected chi connectivity index (χ0v) is 20.8. The number of fused-ring (bicyclic) bond motifs is 1. The summed E-state index contributed by atoms with van der Waals surface area (Å²) in [5.74, 6) is 0.292. The van der Waals surface area contributed by atoms with E-state index in [1.807, 2.05) is 28.8 Å². The van der Waals surface area contributed by atoms with E-state index in [1.54, 1.807) is 0 Å². The minimum Gasteiger partial charge on any atom is -0.379 e. The average molecular weight is 485 g/mol. The molecule has 0 spiro atoms. The van der Waals surface area contributed by atoms with Crippen LogP contribution in [0, 0.1) is 0 Å². The van der Waals surface area contributed by atoms with E-state index in [4.69, 9.17) is 9.72 Å². The predicted octanol–water partition coefficient (Wildman–Crippen LogP) is 3.76. The Kier molecular flexibility index (Phi) is 7.56. The number of thioether (sulfide) groups is 1. The minimum absolute atomic E-state index is 0.0172. The van der Waals surface area contributed by atoms with Gasteiger partial charge in [-0.15, -0.1) is 0 Å². The average Bonchev–Trinajstić information content (AvgIpc) is 3.42. The smallest absolute Gasteiger partial charge is 0.262 e. The normalized spacial score (nSPS) is 21.6. The van der Waals surface area contributed by atoms with Gasteiger partial charge in [-0.1, -0.05) is 56.0 Å². The first-order chi connectivity index (χ1) is 16.7. The van der Waals surface area contributed by atoms with Gasteiger partial charge in [0.05, 0.1) is 29.9 Å². The summed E-state index contributed by atoms with van der Waals surface area (Å²) in [6.45, 7) is 4.13. The standard InChI is InChI=1S/C26H36N4O3S/c31-23(27-19-26(12-6-1-7-13-26)29-14-16-33-17-15-29)18-34-25-28-22-11-5-4-10-21(22)24(32)30(25)20-8-2-3-9-20/h4-5,10-11,20H,1-3,6-9,12-19H2,(H,27,31). The first-order valence-corrected chi connectivity index (χ1v) is 13.9. The molecule has 3 aliphatic rings. The molecule has 3 fully saturated rings. The Morgan fingerprint density at radius 1 is 1.09 bits per heavy atom. The van der Waals surface area contributed by atoms with E-state index < -0.39 is 0 Å². The highest BCUT2D eigenvalue weighted by atomic mass is 32.2. The maximum atomic E-state index is 13.3. The van der Waals surface area contributed by atoms with Gasteiger partial charge in [-0.3, -0.25) is 19.1 Å². The molecule has 0 bridgehead atoms. The highest BCUT2D eigenvalue weighted by Gasteiger charge is 2.38. The number of nitrogens with one attached hydrogen (secondary N) is 1. The summed E-state index contributed by atoms with van der Waals surface area (Å²) in [5.41, 5.74) is 0.780. The molecule has 0 radical (unpaired) electrons. The third-order valence-electron chi connectivity index (χ3n) is 7.88. The molecule has 2 heterocycles. The summed E-state index contributed by atoms with van der Waals surface area (Å²) in [7, 11) is 0. The van der Waals surface area contributed by atoms with Crippen molar-refractivity contribution >= 4 is 28.6 Å². The summed E-state index contributed by atoms with van der Waals surface area (Å²) >= 11 is 1.40. The second-order valence-corrected chi connectivity index (χ2v) is 10.9. The summed E-state index contributed by atoms with van der Waals surface area (Å²) < 4.78 is 7.44. The molecule has 1 aromatic heterocycles. The van der Waals surface area contributed by atoms with Crippen LogP contribution in [0.4, 0.5) is 0 Å². The van der Waals surface area contributed by atoms with Crippen molar-refractivity contribution in [2.75, 3.05) is 38.6 Å². The Balaban J connectivity index is 1.29. The van der Waals surface area contributed by atoms with Crippen molar-refractivity contribution in [1.82, 2.24) is 19.8 Å². The molecular weight excluding hydrogens is 448 g/mol. The fourth-order valence-corrected chi connectivity index (χ4v) is 6.90. The lowest BCUT2D eigenvalue weighted by molar-refractivity contribution is -0.119. The van der Waals surface area contributed by atoms with Gasteiger partial charge in [-0.2, -0.15) is 0 Å². The van der Waals surface area contributed by atoms with Crippen LogP contribution in [0.2, 0.25) is 0 Å². The van der Waals surface area contributed by atoms with Crippen LogP contribution in [0.3, 0.4) is 0 Å². The molecule has 184 valence electrons. The third-order valence-corrected chi connectivity index (χ3v) is 8.83. The van der Waals surface area contributed by atoms with E-state index in [9.17, 15) is 9.59 Å². The second-order valence-electron chi connectivity index (χ2n) is 9.97. The predicted molar refractivity (Wildman–Crippen MR) is 135 cm³/mol. The second kappa shape index (κ2) is 10.8. The lowest BCUT2D eigenvalue weighted by Gasteiger charge is -2.48. The molecule has 1 aromatic carbocycles. The zero-order chi connectivity index (χ0) is 23.4. The quantitative estimate of drug-likeness (QED) is 0.476. The van der Waals surface area contributed by atoms with Crippen LogP contribution in [0.25, 0.3) is 10.9 Å². The Labute approximate surface area is 205 Å². The minimum atomic E-state index is 0.0172. The van der Waals surface area contributed by atoms with Gasteiger partial charge in [0.1, 0.15) is 0 Å². The number of carbonyl (C=O) groups excluding carboxylic acids is 1. The lowest BCUT2D eigenvalue weighted by Crippen LogP contribution is -2.59. The number of para-hydroxylation sites is 1. The van der Waals surface area contributed by atoms with Gasteiger partial charge in [0.15, 0.2) is 5.16 Å². The largest absolute Gasteiger partial charge is 0.379 e. The van der Waals surface area contributed by atoms with Gasteiger partial charge >= 0.3 is 0 Å². The van der Waals surface area contributed by atoms with E-state index in [2.05, 4.69) is 10.2 Å². The Hall–Kier alpha value is -1.90. The fraction of sp³-hybridized carbons (Fsp3) is 0.654. The van der Waals surface area contributed by atoms with Gasteiger partial charge in [0.2, 0.25) is 5.91 Å². The van der Waals surface area contributed by atoms with Crippen LogP contribution < -0.4 is 10.9 Å². The van der Waals surface area contributed by atoms with Gasteiger partial charge in [-0.25, -0.2) is 4.98 Å². The topological polar surface area (TPSA) is 76.5 Å². The first kappa shape index (κ1) is 23.8. The molecule has 1 N–H and O–H groups in total. The van der Waals surface area contributed by atoms with Crippen molar-refractivity contribution in [3.63, 3.8) is 0 Å². The van der Waals surface area contributed by atoms with Crippen molar-refractivity contribution in [3.05, 3.63) is 34.6 Å². The number of hydrogen-bond donors (Lipinski definition) is 1. The molecule has 2 aliphatic carbocycles. The molecule has 0 atom stereocenters. The number of benzene rings is 1. The van der Waals surface area contributed by atoms with Crippen molar-refractivity contribution in [2.24, 2.45) is 0 Å². The zero-order valence-electron chi connectivity index (χ0n) is 20.0. The number of rotatable bonds is 7. The number of aromatic nitrogens is 2. The van der Waals surface area contributed by atoms with Gasteiger partial charge in [-0.05, 0) is 37.8 Å². The van der Waals surface area contributed by atoms with E-state index in [0.717, 1.165) is 64.8 Å². The molecular formula is C26H36N4O3S. The summed E-state index contributed by atoms with van der Waals surface area (Å²) in [5, 5.41) is 4.58. The molecule has 5 rings (SSSR count). The third kappa shape index (κ3) is 5.04. The maximum Gasteiger partial charge on any atom is 0.262 e. The maximum absolute atomic E-state index is 13.3. The van der Waals surface area contributed by atoms with Gasteiger partial charge in [0, 0.05) is 31.2 Å². The number of ether oxygens (including phenoxy) is 1. The van der Waals surface area contributed by atoms with E-state index >= 15 is 0 Å². The molecule has 34 heavy (non-hydrogen) atoms. The van der Waals surface area contributed by atoms with E-state index in [1.165, 1.54) is 31.0 Å². The van der Waals surface area contributed by atoms with Crippen LogP contribution in [0.15, 0.2) is 34.2 Å². The first-order valence-electron chi connectivity index (χ1n) is 12.9. The molecule has 7 nitrogen and oxygen atoms in total. The Morgan fingerprint density at radius 3 is 2.59 bits per heavy atom. The van der Waals surface area contributed by atoms with Crippen molar-refractivity contribution < 1.29 is 9.53 Å². The molecule has 0 unspecified atom stereocenters. The number of morpholine rings is 1. The van der Waals surface area contributed by atoms with Crippen LogP contribution in [-0.2, 0) is 9.53 Å². The number of hydrogen-bond acceptors (Lipinski definition) is 6. The van der Waals surface area contributed by atoms with Crippen molar-refractivity contribution in [1.29, 1.82) is 0 Å². The molecule has 8 heteroatoms.